The van der Waals surface area contributed by atoms with Crippen molar-refractivity contribution in [1.82, 2.24) is 0 Å². The summed E-state index contributed by atoms with van der Waals surface area (Å²) in [5.41, 5.74) is 0. The fraction of sp³-hybridized carbons (Fsp3) is 0. The van der Waals surface area contributed by atoms with Gasteiger partial charge in [-0.05, 0) is 90.8 Å². The van der Waals surface area contributed by atoms with Crippen LogP contribution in [0, 0.1) is 0 Å². The van der Waals surface area contributed by atoms with E-state index in [0.29, 0.717) is 0 Å². The lowest BCUT2D eigenvalue weighted by atomic mass is 10.0. The minimum Gasteiger partial charge on any atom is -0.0617 e. The van der Waals surface area contributed by atoms with E-state index in [4.69, 9.17) is 0 Å². The van der Waals surface area contributed by atoms with Gasteiger partial charge in [0.25, 0.3) is 0 Å². The Kier molecular flexibility index (Phi) is 6.47. The molecule has 174 valence electrons. The molecule has 0 aromatic heterocycles. The van der Waals surface area contributed by atoms with E-state index in [-0.39, 0.29) is 0 Å². The van der Waals surface area contributed by atoms with Crippen LogP contribution < -0.4 is 20.7 Å². The third-order valence-corrected chi connectivity index (χ3v) is 13.4. The molecule has 0 aliphatic heterocycles. The zero-order chi connectivity index (χ0) is 24.7. The highest BCUT2D eigenvalue weighted by molar-refractivity contribution is 9.11. The standard InChI is InChI=1S/C32H21Br3Si/c33-25-8-14-28(15-9-25)36(29-16-10-26(34)11-17-29,30-18-12-27(35)13-19-30)32-7-3-6-24-20-22-4-1-2-5-23(22)21-31(24)32/h1-21H. The van der Waals surface area contributed by atoms with Crippen molar-refractivity contribution in [2.24, 2.45) is 0 Å². The Balaban J connectivity index is 1.80. The predicted molar refractivity (Wildman–Crippen MR) is 168 cm³/mol. The van der Waals surface area contributed by atoms with Crippen molar-refractivity contribution in [2.75, 3.05) is 0 Å². The Labute approximate surface area is 237 Å². The minimum atomic E-state index is -2.68. The second-order valence-electron chi connectivity index (χ2n) is 9.00. The molecule has 6 aromatic carbocycles. The first-order valence-corrected chi connectivity index (χ1v) is 16.1. The van der Waals surface area contributed by atoms with Crippen LogP contribution in [-0.4, -0.2) is 8.07 Å². The quantitative estimate of drug-likeness (QED) is 0.103. The maximum absolute atomic E-state index is 3.67. The van der Waals surface area contributed by atoms with Crippen LogP contribution in [0.4, 0.5) is 0 Å². The highest BCUT2D eigenvalue weighted by Gasteiger charge is 2.42. The Morgan fingerprint density at radius 3 is 1.28 bits per heavy atom. The van der Waals surface area contributed by atoms with E-state index >= 15 is 0 Å². The molecular formula is C32H21Br3Si. The van der Waals surface area contributed by atoms with Crippen LogP contribution in [-0.2, 0) is 0 Å². The molecule has 36 heavy (non-hydrogen) atoms. The Bertz CT molecular complexity index is 1580. The lowest BCUT2D eigenvalue weighted by Crippen LogP contribution is -2.74. The Morgan fingerprint density at radius 2 is 0.806 bits per heavy atom. The average Bonchev–Trinajstić information content (AvgIpc) is 2.91. The molecule has 6 rings (SSSR count). The highest BCUT2D eigenvalue weighted by atomic mass is 79.9. The van der Waals surface area contributed by atoms with Gasteiger partial charge in [0.2, 0.25) is 0 Å². The fourth-order valence-electron chi connectivity index (χ4n) is 5.36. The van der Waals surface area contributed by atoms with Crippen molar-refractivity contribution in [2.45, 2.75) is 0 Å². The number of hydrogen-bond acceptors (Lipinski definition) is 0. The van der Waals surface area contributed by atoms with Crippen LogP contribution in [0.3, 0.4) is 0 Å². The number of halogens is 3. The van der Waals surface area contributed by atoms with Crippen LogP contribution in [0.25, 0.3) is 21.5 Å². The van der Waals surface area contributed by atoms with Gasteiger partial charge < -0.3 is 0 Å². The second kappa shape index (κ2) is 9.75. The molecule has 0 N–H and O–H groups in total. The Hall–Kier alpha value is -2.50. The first kappa shape index (κ1) is 23.9. The van der Waals surface area contributed by atoms with E-state index in [1.54, 1.807) is 0 Å². The first-order valence-electron chi connectivity index (χ1n) is 11.8. The van der Waals surface area contributed by atoms with E-state index in [1.165, 1.54) is 42.3 Å². The summed E-state index contributed by atoms with van der Waals surface area (Å²) >= 11 is 11.0. The van der Waals surface area contributed by atoms with Gasteiger partial charge in [-0.3, -0.25) is 0 Å². The highest BCUT2D eigenvalue weighted by Crippen LogP contribution is 2.25. The van der Waals surface area contributed by atoms with E-state index in [1.807, 2.05) is 0 Å². The molecule has 0 amide bonds. The Morgan fingerprint density at radius 1 is 0.389 bits per heavy atom. The SMILES string of the molecule is Brc1ccc([Si](c2ccc(Br)cc2)(c2ccc(Br)cc2)c2cccc3cc4ccccc4cc23)cc1. The summed E-state index contributed by atoms with van der Waals surface area (Å²) in [5.74, 6) is 0. The molecule has 4 heteroatoms. The van der Waals surface area contributed by atoms with Gasteiger partial charge in [-0.25, -0.2) is 0 Å². The fourth-order valence-corrected chi connectivity index (χ4v) is 11.1. The second-order valence-corrected chi connectivity index (χ2v) is 15.5. The summed E-state index contributed by atoms with van der Waals surface area (Å²) in [6.07, 6.45) is 0. The maximum atomic E-state index is 3.67. The number of benzene rings is 6. The monoisotopic (exact) mass is 670 g/mol. The van der Waals surface area contributed by atoms with Crippen LogP contribution in [0.5, 0.6) is 0 Å². The molecule has 0 aliphatic rings. The summed E-state index contributed by atoms with van der Waals surface area (Å²) in [5, 5.41) is 10.6. The molecule has 6 aromatic rings. The molecule has 0 unspecified atom stereocenters. The third-order valence-electron chi connectivity index (χ3n) is 6.98. The molecule has 0 spiro atoms. The summed E-state index contributed by atoms with van der Waals surface area (Å²) in [6, 6.07) is 47.1. The lowest BCUT2D eigenvalue weighted by Gasteiger charge is -2.35. The van der Waals surface area contributed by atoms with Crippen LogP contribution in [0.15, 0.2) is 141 Å². The number of fused-ring (bicyclic) bond motifs is 2. The molecule has 0 heterocycles. The van der Waals surface area contributed by atoms with Crippen molar-refractivity contribution in [1.29, 1.82) is 0 Å². The largest absolute Gasteiger partial charge is 0.180 e. The molecule has 0 saturated heterocycles. The molecule has 0 aliphatic carbocycles. The van der Waals surface area contributed by atoms with Gasteiger partial charge in [-0.1, -0.05) is 127 Å². The zero-order valence-electron chi connectivity index (χ0n) is 19.3. The predicted octanol–water partition coefficient (Wildman–Crippen LogP) is 7.66. The van der Waals surface area contributed by atoms with Gasteiger partial charge >= 0.3 is 0 Å². The molecular weight excluding hydrogens is 652 g/mol. The molecule has 0 radical (unpaired) electrons. The van der Waals surface area contributed by atoms with Gasteiger partial charge in [0.1, 0.15) is 0 Å². The normalized spacial score (nSPS) is 11.8. The number of rotatable bonds is 4. The van der Waals surface area contributed by atoms with E-state index in [9.17, 15) is 0 Å². The lowest BCUT2D eigenvalue weighted by molar-refractivity contribution is 1.63. The van der Waals surface area contributed by atoms with Gasteiger partial charge in [0.15, 0.2) is 8.07 Å². The molecule has 0 bridgehead atoms. The van der Waals surface area contributed by atoms with Crippen molar-refractivity contribution in [3.63, 3.8) is 0 Å². The summed E-state index contributed by atoms with van der Waals surface area (Å²) in [7, 11) is -2.68. The van der Waals surface area contributed by atoms with E-state index in [2.05, 4.69) is 175 Å². The third kappa shape index (κ3) is 4.10. The smallest absolute Gasteiger partial charge is 0.0617 e. The van der Waals surface area contributed by atoms with E-state index in [0.717, 1.165) is 13.4 Å². The summed E-state index contributed by atoms with van der Waals surface area (Å²) in [6.45, 7) is 0. The van der Waals surface area contributed by atoms with Crippen molar-refractivity contribution in [3.05, 3.63) is 141 Å². The number of hydrogen-bond donors (Lipinski definition) is 0. The van der Waals surface area contributed by atoms with Crippen LogP contribution in [0.1, 0.15) is 0 Å². The first-order chi connectivity index (χ1) is 17.6. The maximum Gasteiger partial charge on any atom is 0.180 e. The average molecular weight is 673 g/mol. The summed E-state index contributed by atoms with van der Waals surface area (Å²) in [4.78, 5) is 0. The van der Waals surface area contributed by atoms with Crippen molar-refractivity contribution < 1.29 is 0 Å². The van der Waals surface area contributed by atoms with Crippen molar-refractivity contribution in [3.8, 4) is 0 Å². The topological polar surface area (TPSA) is 0 Å². The van der Waals surface area contributed by atoms with Gasteiger partial charge in [0, 0.05) is 13.4 Å². The molecule has 0 nitrogen and oxygen atoms in total. The molecule has 0 fully saturated rings. The van der Waals surface area contributed by atoms with Crippen molar-refractivity contribution >= 4 is 98.2 Å². The van der Waals surface area contributed by atoms with Gasteiger partial charge in [-0.2, -0.15) is 0 Å². The summed E-state index contributed by atoms with van der Waals surface area (Å²) < 4.78 is 3.26. The molecule has 0 saturated carbocycles. The van der Waals surface area contributed by atoms with Crippen LogP contribution in [0.2, 0.25) is 0 Å². The van der Waals surface area contributed by atoms with Gasteiger partial charge in [-0.15, -0.1) is 0 Å². The molecule has 0 atom stereocenters. The van der Waals surface area contributed by atoms with Gasteiger partial charge in [0.05, 0.1) is 0 Å². The van der Waals surface area contributed by atoms with E-state index < -0.39 is 8.07 Å². The minimum absolute atomic E-state index is 1.09. The zero-order valence-corrected chi connectivity index (χ0v) is 25.0. The van der Waals surface area contributed by atoms with Crippen LogP contribution >= 0.6 is 47.8 Å².